The summed E-state index contributed by atoms with van der Waals surface area (Å²) < 4.78 is 21.1. The van der Waals surface area contributed by atoms with E-state index in [0.29, 0.717) is 23.6 Å². The van der Waals surface area contributed by atoms with Crippen molar-refractivity contribution in [3.63, 3.8) is 0 Å². The predicted octanol–water partition coefficient (Wildman–Crippen LogP) is 5.08. The molecule has 8 heteroatoms. The van der Waals surface area contributed by atoms with Crippen LogP contribution in [0.1, 0.15) is 16.1 Å². The van der Waals surface area contributed by atoms with Crippen molar-refractivity contribution in [3.8, 4) is 22.6 Å². The molecule has 0 aliphatic carbocycles. The van der Waals surface area contributed by atoms with Gasteiger partial charge in [0.05, 0.1) is 25.9 Å². The fourth-order valence-corrected chi connectivity index (χ4v) is 4.52. The first-order valence-electron chi connectivity index (χ1n) is 9.88. The molecule has 0 amide bonds. The van der Waals surface area contributed by atoms with Crippen LogP contribution in [-0.2, 0) is 6.54 Å². The Morgan fingerprint density at radius 2 is 1.66 bits per heavy atom. The first kappa shape index (κ1) is 20.0. The van der Waals surface area contributed by atoms with Gasteiger partial charge in [-0.1, -0.05) is 18.2 Å². The van der Waals surface area contributed by atoms with Gasteiger partial charge in [-0.05, 0) is 53.6 Å². The zero-order valence-electron chi connectivity index (χ0n) is 17.4. The highest BCUT2D eigenvalue weighted by Gasteiger charge is 2.24. The van der Waals surface area contributed by atoms with Crippen molar-refractivity contribution in [2.75, 3.05) is 14.2 Å². The molecule has 0 radical (unpaired) electrons. The van der Waals surface area contributed by atoms with Gasteiger partial charge in [0, 0.05) is 23.0 Å². The number of carboxylic acid groups (broad SMARTS) is 1. The van der Waals surface area contributed by atoms with Gasteiger partial charge in [0.25, 0.3) is 0 Å². The van der Waals surface area contributed by atoms with Gasteiger partial charge in [-0.15, -0.1) is 0 Å². The molecular formula is C24H19N3O4S. The Hall–Kier alpha value is -3.91. The predicted molar refractivity (Wildman–Crippen MR) is 124 cm³/mol. The smallest absolute Gasteiger partial charge is 0.353 e. The third-order valence-electron chi connectivity index (χ3n) is 5.51. The molecule has 0 aliphatic heterocycles. The van der Waals surface area contributed by atoms with Crippen LogP contribution < -0.4 is 9.47 Å². The van der Waals surface area contributed by atoms with Crippen LogP contribution in [0.25, 0.3) is 33.1 Å². The van der Waals surface area contributed by atoms with Gasteiger partial charge in [0.15, 0.2) is 0 Å². The summed E-state index contributed by atoms with van der Waals surface area (Å²) in [5, 5.41) is 11.1. The fraction of sp³-hybridized carbons (Fsp3) is 0.125. The summed E-state index contributed by atoms with van der Waals surface area (Å²) in [5.74, 6) is 0.371. The number of aromatic nitrogens is 3. The van der Waals surface area contributed by atoms with Crippen LogP contribution in [0.4, 0.5) is 0 Å². The molecular weight excluding hydrogens is 426 g/mol. The second kappa shape index (κ2) is 7.97. The van der Waals surface area contributed by atoms with E-state index >= 15 is 0 Å². The van der Waals surface area contributed by atoms with Gasteiger partial charge < -0.3 is 19.1 Å². The van der Waals surface area contributed by atoms with E-state index in [0.717, 1.165) is 44.8 Å². The topological polar surface area (TPSA) is 86.5 Å². The van der Waals surface area contributed by atoms with Crippen molar-refractivity contribution in [3.05, 3.63) is 71.9 Å². The molecule has 0 atom stereocenters. The Morgan fingerprint density at radius 1 is 0.938 bits per heavy atom. The molecule has 5 rings (SSSR count). The molecule has 0 saturated heterocycles. The van der Waals surface area contributed by atoms with Crippen LogP contribution in [0.2, 0.25) is 0 Å². The molecule has 3 aromatic carbocycles. The molecule has 2 heterocycles. The highest BCUT2D eigenvalue weighted by atomic mass is 32.1. The Kier molecular flexibility index (Phi) is 4.99. The summed E-state index contributed by atoms with van der Waals surface area (Å²) in [5.41, 5.74) is 5.04. The number of fused-ring (bicyclic) bond motifs is 2. The Labute approximate surface area is 187 Å². The molecule has 1 N–H and O–H groups in total. The molecule has 0 aliphatic rings. The maximum atomic E-state index is 12.5. The van der Waals surface area contributed by atoms with Crippen LogP contribution in [0.5, 0.6) is 11.5 Å². The minimum absolute atomic E-state index is 0.218. The summed E-state index contributed by atoms with van der Waals surface area (Å²) in [4.78, 5) is 12.5. The maximum absolute atomic E-state index is 12.5. The van der Waals surface area contributed by atoms with E-state index in [4.69, 9.17) is 9.47 Å². The average Bonchev–Trinajstić information content (AvgIpc) is 3.41. The summed E-state index contributed by atoms with van der Waals surface area (Å²) in [7, 11) is 3.20. The van der Waals surface area contributed by atoms with E-state index in [1.165, 1.54) is 0 Å². The lowest BCUT2D eigenvalue weighted by Gasteiger charge is -2.10. The van der Waals surface area contributed by atoms with Crippen molar-refractivity contribution >= 4 is 39.6 Å². The summed E-state index contributed by atoms with van der Waals surface area (Å²) in [6.45, 7) is 0.383. The number of benzene rings is 3. The minimum atomic E-state index is -0.998. The lowest BCUT2D eigenvalue weighted by molar-refractivity contribution is 0.0687. The summed E-state index contributed by atoms with van der Waals surface area (Å²) >= 11 is 1.16. The molecule has 0 saturated carbocycles. The molecule has 32 heavy (non-hydrogen) atoms. The highest BCUT2D eigenvalue weighted by molar-refractivity contribution is 7.00. The standard InChI is InChI=1S/C24H19N3O4S/c1-30-16-6-4-15(5-7-16)22-18-12-17(31-2)8-10-21(18)27(23(22)24(28)29)13-14-3-9-19-20(11-14)26-32-25-19/h3-12H,13H2,1-2H3,(H,28,29). The summed E-state index contributed by atoms with van der Waals surface area (Å²) in [6.07, 6.45) is 0. The van der Waals surface area contributed by atoms with Gasteiger partial charge >= 0.3 is 5.97 Å². The molecule has 0 unspecified atom stereocenters. The lowest BCUT2D eigenvalue weighted by Crippen LogP contribution is -2.10. The number of carbonyl (C=O) groups is 1. The van der Waals surface area contributed by atoms with Crippen LogP contribution in [0.15, 0.2) is 60.7 Å². The minimum Gasteiger partial charge on any atom is -0.497 e. The van der Waals surface area contributed by atoms with Crippen molar-refractivity contribution in [1.82, 2.24) is 13.3 Å². The molecule has 7 nitrogen and oxygen atoms in total. The van der Waals surface area contributed by atoms with Crippen molar-refractivity contribution in [2.24, 2.45) is 0 Å². The zero-order chi connectivity index (χ0) is 22.2. The van der Waals surface area contributed by atoms with Crippen LogP contribution in [-0.4, -0.2) is 38.6 Å². The Morgan fingerprint density at radius 3 is 2.38 bits per heavy atom. The van der Waals surface area contributed by atoms with Crippen molar-refractivity contribution < 1.29 is 19.4 Å². The van der Waals surface area contributed by atoms with Gasteiger partial charge in [0.2, 0.25) is 0 Å². The van der Waals surface area contributed by atoms with E-state index in [2.05, 4.69) is 8.75 Å². The fourth-order valence-electron chi connectivity index (χ4n) is 4.01. The molecule has 0 bridgehead atoms. The maximum Gasteiger partial charge on any atom is 0.353 e. The van der Waals surface area contributed by atoms with E-state index in [9.17, 15) is 9.90 Å². The van der Waals surface area contributed by atoms with E-state index in [-0.39, 0.29) is 5.69 Å². The Balaban J connectivity index is 1.75. The number of methoxy groups -OCH3 is 2. The van der Waals surface area contributed by atoms with Crippen LogP contribution >= 0.6 is 11.7 Å². The van der Waals surface area contributed by atoms with Crippen LogP contribution in [0, 0.1) is 0 Å². The largest absolute Gasteiger partial charge is 0.497 e. The zero-order valence-corrected chi connectivity index (χ0v) is 18.2. The Bertz CT molecular complexity index is 1450. The number of carboxylic acids is 1. The first-order chi connectivity index (χ1) is 15.6. The second-order valence-electron chi connectivity index (χ2n) is 7.31. The SMILES string of the molecule is COc1ccc(-c2c(C(=O)O)n(Cc3ccc4nsnc4c3)c3ccc(OC)cc23)cc1. The van der Waals surface area contributed by atoms with E-state index in [1.54, 1.807) is 14.2 Å². The number of ether oxygens (including phenoxy) is 2. The van der Waals surface area contributed by atoms with Gasteiger partial charge in [-0.2, -0.15) is 8.75 Å². The quantitative estimate of drug-likeness (QED) is 0.392. The highest BCUT2D eigenvalue weighted by Crippen LogP contribution is 2.38. The van der Waals surface area contributed by atoms with E-state index < -0.39 is 5.97 Å². The monoisotopic (exact) mass is 445 g/mol. The normalized spacial score (nSPS) is 11.2. The van der Waals surface area contributed by atoms with Crippen LogP contribution in [0.3, 0.4) is 0 Å². The first-order valence-corrected chi connectivity index (χ1v) is 10.6. The molecule has 2 aromatic heterocycles. The molecule has 160 valence electrons. The van der Waals surface area contributed by atoms with Crippen molar-refractivity contribution in [1.29, 1.82) is 0 Å². The lowest BCUT2D eigenvalue weighted by atomic mass is 10.0. The second-order valence-corrected chi connectivity index (χ2v) is 7.84. The summed E-state index contributed by atoms with van der Waals surface area (Å²) in [6, 6.07) is 18.8. The molecule has 0 spiro atoms. The van der Waals surface area contributed by atoms with Gasteiger partial charge in [0.1, 0.15) is 28.2 Å². The van der Waals surface area contributed by atoms with Crippen molar-refractivity contribution in [2.45, 2.75) is 6.54 Å². The number of aromatic carboxylic acids is 1. The van der Waals surface area contributed by atoms with Gasteiger partial charge in [-0.3, -0.25) is 0 Å². The average molecular weight is 446 g/mol. The van der Waals surface area contributed by atoms with Gasteiger partial charge in [-0.25, -0.2) is 4.79 Å². The number of nitrogens with zero attached hydrogens (tertiary/aromatic N) is 3. The number of hydrogen-bond acceptors (Lipinski definition) is 6. The third-order valence-corrected chi connectivity index (χ3v) is 6.07. The molecule has 5 aromatic rings. The number of hydrogen-bond donors (Lipinski definition) is 1. The third kappa shape index (κ3) is 3.34. The van der Waals surface area contributed by atoms with E-state index in [1.807, 2.05) is 65.2 Å². The number of rotatable bonds is 6. The molecule has 0 fully saturated rings.